The maximum absolute atomic E-state index is 13.7. The highest BCUT2D eigenvalue weighted by atomic mass is 32.2. The summed E-state index contributed by atoms with van der Waals surface area (Å²) in [6.45, 7) is 7.72. The van der Waals surface area contributed by atoms with Gasteiger partial charge in [0.15, 0.2) is 0 Å². The average molecular weight is 527 g/mol. The summed E-state index contributed by atoms with van der Waals surface area (Å²) in [4.78, 5) is 26.4. The summed E-state index contributed by atoms with van der Waals surface area (Å²) in [6.07, 6.45) is 2.29. The number of thioether (sulfide) groups is 1. The number of benzene rings is 2. The predicted molar refractivity (Wildman–Crippen MR) is 151 cm³/mol. The van der Waals surface area contributed by atoms with Crippen LogP contribution >= 0.6 is 11.8 Å². The van der Waals surface area contributed by atoms with Crippen LogP contribution in [0.3, 0.4) is 0 Å². The molecule has 0 bridgehead atoms. The summed E-state index contributed by atoms with van der Waals surface area (Å²) in [6, 6.07) is 19.2. The van der Waals surface area contributed by atoms with Crippen LogP contribution in [0.5, 0.6) is 0 Å². The van der Waals surface area contributed by atoms with E-state index in [-0.39, 0.29) is 17.6 Å². The summed E-state index contributed by atoms with van der Waals surface area (Å²) in [5.41, 5.74) is 5.79. The Bertz CT molecular complexity index is 1460. The summed E-state index contributed by atoms with van der Waals surface area (Å²) < 4.78 is 5.70. The van der Waals surface area contributed by atoms with Gasteiger partial charge in [-0.15, -0.1) is 0 Å². The molecular formula is C30H30N4O3S. The van der Waals surface area contributed by atoms with E-state index in [1.807, 2.05) is 63.2 Å². The first-order valence-electron chi connectivity index (χ1n) is 12.4. The number of rotatable bonds is 8. The number of hydrogen-bond donors (Lipinski definition) is 3. The zero-order valence-electron chi connectivity index (χ0n) is 21.8. The van der Waals surface area contributed by atoms with Crippen LogP contribution in [0.2, 0.25) is 0 Å². The van der Waals surface area contributed by atoms with Crippen molar-refractivity contribution in [1.29, 1.82) is 5.26 Å². The lowest BCUT2D eigenvalue weighted by molar-refractivity contribution is -0.114. The van der Waals surface area contributed by atoms with E-state index in [1.165, 1.54) is 18.0 Å². The van der Waals surface area contributed by atoms with Gasteiger partial charge >= 0.3 is 0 Å². The van der Waals surface area contributed by atoms with Crippen molar-refractivity contribution in [3.05, 3.63) is 105 Å². The van der Waals surface area contributed by atoms with Crippen molar-refractivity contribution >= 4 is 35.0 Å². The first-order valence-corrected chi connectivity index (χ1v) is 13.4. The molecule has 2 amide bonds. The number of furan rings is 1. The molecular weight excluding hydrogens is 496 g/mol. The smallest absolute Gasteiger partial charge is 0.254 e. The molecule has 8 heteroatoms. The number of hydrogen-bond acceptors (Lipinski definition) is 6. The van der Waals surface area contributed by atoms with Crippen LogP contribution in [-0.2, 0) is 16.0 Å². The van der Waals surface area contributed by atoms with Crippen molar-refractivity contribution in [2.75, 3.05) is 16.4 Å². The molecule has 2 heterocycles. The Morgan fingerprint density at radius 3 is 2.47 bits per heavy atom. The van der Waals surface area contributed by atoms with E-state index in [9.17, 15) is 14.9 Å². The van der Waals surface area contributed by atoms with Crippen LogP contribution < -0.4 is 16.0 Å². The minimum absolute atomic E-state index is 0.0879. The number of aryl methyl sites for hydroxylation is 3. The monoisotopic (exact) mass is 526 g/mol. The van der Waals surface area contributed by atoms with Gasteiger partial charge in [0, 0.05) is 17.1 Å². The Morgan fingerprint density at radius 2 is 1.79 bits per heavy atom. The molecule has 0 spiro atoms. The molecule has 1 aromatic heterocycles. The highest BCUT2D eigenvalue weighted by Crippen LogP contribution is 2.41. The third-order valence-electron chi connectivity index (χ3n) is 6.47. The van der Waals surface area contributed by atoms with E-state index in [1.54, 1.807) is 19.1 Å². The Morgan fingerprint density at radius 1 is 1.03 bits per heavy atom. The van der Waals surface area contributed by atoms with Gasteiger partial charge in [0.25, 0.3) is 5.91 Å². The summed E-state index contributed by atoms with van der Waals surface area (Å²) >= 11 is 1.22. The van der Waals surface area contributed by atoms with Crippen LogP contribution in [0.4, 0.5) is 11.4 Å². The summed E-state index contributed by atoms with van der Waals surface area (Å²) in [5.74, 6) is -0.649. The first kappa shape index (κ1) is 26.8. The molecule has 0 radical (unpaired) electrons. The van der Waals surface area contributed by atoms with E-state index in [2.05, 4.69) is 22.0 Å². The normalized spacial score (nSPS) is 15.1. The third-order valence-corrected chi connectivity index (χ3v) is 7.48. The van der Waals surface area contributed by atoms with Crippen LogP contribution in [-0.4, -0.2) is 17.6 Å². The molecule has 3 aromatic rings. The fourth-order valence-electron chi connectivity index (χ4n) is 4.49. The number of nitrogens with zero attached hydrogens (tertiary/aromatic N) is 1. The number of anilines is 2. The summed E-state index contributed by atoms with van der Waals surface area (Å²) in [5, 5.41) is 19.9. The number of nitriles is 1. The quantitative estimate of drug-likeness (QED) is 0.324. The predicted octanol–water partition coefficient (Wildman–Crippen LogP) is 6.17. The molecule has 0 unspecified atom stereocenters. The van der Waals surface area contributed by atoms with Crippen molar-refractivity contribution < 1.29 is 14.0 Å². The largest absolute Gasteiger partial charge is 0.468 e. The molecule has 1 aliphatic heterocycles. The number of carbonyl (C=O) groups is 2. The van der Waals surface area contributed by atoms with Gasteiger partial charge in [0.1, 0.15) is 5.76 Å². The second-order valence-electron chi connectivity index (χ2n) is 9.04. The van der Waals surface area contributed by atoms with E-state index >= 15 is 0 Å². The zero-order valence-corrected chi connectivity index (χ0v) is 22.7. The zero-order chi connectivity index (χ0) is 27.2. The highest BCUT2D eigenvalue weighted by Gasteiger charge is 2.36. The third kappa shape index (κ3) is 5.68. The highest BCUT2D eigenvalue weighted by molar-refractivity contribution is 8.03. The van der Waals surface area contributed by atoms with Gasteiger partial charge in [-0.2, -0.15) is 5.26 Å². The Hall–Kier alpha value is -4.22. The minimum Gasteiger partial charge on any atom is -0.468 e. The molecule has 1 aliphatic rings. The number of para-hydroxylation sites is 2. The fraction of sp³-hybridized carbons (Fsp3) is 0.233. The Kier molecular flexibility index (Phi) is 8.39. The molecule has 4 rings (SSSR count). The fourth-order valence-corrected chi connectivity index (χ4v) is 5.38. The number of carbonyl (C=O) groups excluding carboxylic acids is 2. The minimum atomic E-state index is -0.715. The molecule has 3 N–H and O–H groups in total. The second kappa shape index (κ2) is 11.9. The van der Waals surface area contributed by atoms with Crippen molar-refractivity contribution in [2.24, 2.45) is 0 Å². The summed E-state index contributed by atoms with van der Waals surface area (Å²) in [7, 11) is 0. The van der Waals surface area contributed by atoms with Crippen LogP contribution in [0, 0.1) is 25.2 Å². The Labute approximate surface area is 227 Å². The van der Waals surface area contributed by atoms with E-state index < -0.39 is 5.92 Å². The van der Waals surface area contributed by atoms with Crippen molar-refractivity contribution in [1.82, 2.24) is 5.32 Å². The van der Waals surface area contributed by atoms with Gasteiger partial charge in [-0.25, -0.2) is 0 Å². The lowest BCUT2D eigenvalue weighted by Crippen LogP contribution is -2.31. The first-order chi connectivity index (χ1) is 18.3. The number of amides is 2. The maximum Gasteiger partial charge on any atom is 0.254 e. The van der Waals surface area contributed by atoms with Crippen LogP contribution in [0.25, 0.3) is 0 Å². The van der Waals surface area contributed by atoms with Crippen LogP contribution in [0.1, 0.15) is 42.2 Å². The van der Waals surface area contributed by atoms with Gasteiger partial charge in [0.05, 0.1) is 40.2 Å². The van der Waals surface area contributed by atoms with Crippen molar-refractivity contribution in [3.8, 4) is 6.07 Å². The lowest BCUT2D eigenvalue weighted by Gasteiger charge is -2.28. The molecule has 7 nitrogen and oxygen atoms in total. The van der Waals surface area contributed by atoms with Gasteiger partial charge in [-0.3, -0.25) is 9.59 Å². The van der Waals surface area contributed by atoms with Crippen LogP contribution in [0.15, 0.2) is 87.1 Å². The molecule has 2 aromatic carbocycles. The second-order valence-corrected chi connectivity index (χ2v) is 10.0. The topological polar surface area (TPSA) is 107 Å². The lowest BCUT2D eigenvalue weighted by atomic mass is 9.85. The van der Waals surface area contributed by atoms with Gasteiger partial charge in [-0.1, -0.05) is 55.1 Å². The number of dihydropyridines is 1. The molecule has 0 aliphatic carbocycles. The number of allylic oxidation sites excluding steroid dienone is 2. The number of nitrogens with one attached hydrogen (secondary N) is 3. The molecule has 1 atom stereocenters. The molecule has 0 saturated carbocycles. The standard InChI is InChI=1S/C30H30N4O3S/c1-5-21-12-8-11-19(3)28(21)34-29(36)26-20(4)32-30(22(16-31)27(26)24-14-9-15-37-24)38-17-25(35)33-23-13-7-6-10-18(23)2/h6-15,27,32H,5,17H2,1-4H3,(H,33,35)(H,34,36)/t27-/m0/s1. The van der Waals surface area contributed by atoms with E-state index in [4.69, 9.17) is 4.42 Å². The maximum atomic E-state index is 13.7. The van der Waals surface area contributed by atoms with Gasteiger partial charge in [-0.05, 0) is 62.1 Å². The average Bonchev–Trinajstić information content (AvgIpc) is 3.44. The van der Waals surface area contributed by atoms with E-state index in [0.717, 1.165) is 34.5 Å². The van der Waals surface area contributed by atoms with Gasteiger partial charge < -0.3 is 20.4 Å². The van der Waals surface area contributed by atoms with E-state index in [0.29, 0.717) is 27.6 Å². The molecule has 0 saturated heterocycles. The molecule has 0 fully saturated rings. The van der Waals surface area contributed by atoms with Gasteiger partial charge in [0.2, 0.25) is 5.91 Å². The SMILES string of the molecule is CCc1cccc(C)c1NC(=O)C1=C(C)NC(SCC(=O)Nc2ccccc2C)=C(C#N)[C@H]1c1ccco1. The Balaban J connectivity index is 1.62. The molecule has 194 valence electrons. The molecule has 38 heavy (non-hydrogen) atoms. The van der Waals surface area contributed by atoms with Crippen molar-refractivity contribution in [2.45, 2.75) is 40.0 Å². The van der Waals surface area contributed by atoms with Crippen molar-refractivity contribution in [3.63, 3.8) is 0 Å².